The summed E-state index contributed by atoms with van der Waals surface area (Å²) in [6.07, 6.45) is 2.82. The summed E-state index contributed by atoms with van der Waals surface area (Å²) >= 11 is 1.61. The normalized spacial score (nSPS) is 14.5. The van der Waals surface area contributed by atoms with E-state index in [4.69, 9.17) is 0 Å². The number of carbonyl (C=O) groups excluding carboxylic acids is 1. The molecule has 0 bridgehead atoms. The molecule has 4 aromatic rings. The minimum Gasteiger partial charge on any atom is -0.352 e. The minimum atomic E-state index is -0.0331. The molecule has 0 saturated carbocycles. The predicted octanol–water partition coefficient (Wildman–Crippen LogP) is 2.96. The first-order valence-corrected chi connectivity index (χ1v) is 11.9. The first kappa shape index (κ1) is 20.7. The summed E-state index contributed by atoms with van der Waals surface area (Å²) in [5.74, 6) is 1.03. The van der Waals surface area contributed by atoms with E-state index in [1.807, 2.05) is 39.1 Å². The first-order chi connectivity index (χ1) is 15.7. The van der Waals surface area contributed by atoms with Gasteiger partial charge >= 0.3 is 5.69 Å². The maximum Gasteiger partial charge on any atom is 0.329 e. The molecule has 0 radical (unpaired) electrons. The third kappa shape index (κ3) is 3.66. The van der Waals surface area contributed by atoms with Gasteiger partial charge in [-0.3, -0.25) is 13.9 Å². The Labute approximate surface area is 189 Å². The van der Waals surface area contributed by atoms with E-state index in [0.29, 0.717) is 32.6 Å². The molecule has 0 atom stereocenters. The zero-order chi connectivity index (χ0) is 22.1. The molecule has 5 rings (SSSR count). The van der Waals surface area contributed by atoms with Crippen LogP contribution < -0.4 is 10.6 Å². The van der Waals surface area contributed by atoms with Crippen LogP contribution in [-0.4, -0.2) is 56.1 Å². The van der Waals surface area contributed by atoms with E-state index < -0.39 is 0 Å². The molecule has 1 aliphatic heterocycles. The molecule has 0 spiro atoms. The molecule has 1 amide bonds. The van der Waals surface area contributed by atoms with Crippen LogP contribution in [0.25, 0.3) is 21.3 Å². The maximum atomic E-state index is 12.9. The van der Waals surface area contributed by atoms with E-state index in [0.717, 1.165) is 46.6 Å². The van der Waals surface area contributed by atoms with Gasteiger partial charge in [0.25, 0.3) is 0 Å². The molecular weight excluding hydrogens is 424 g/mol. The van der Waals surface area contributed by atoms with Crippen LogP contribution in [-0.2, 0) is 17.9 Å². The lowest BCUT2D eigenvalue weighted by atomic mass is 10.2. The number of aryl methyl sites for hydroxylation is 2. The number of carbonyl (C=O) groups is 1. The molecular formula is C23H26N6O2S. The van der Waals surface area contributed by atoms with Gasteiger partial charge in [0.1, 0.15) is 17.0 Å². The minimum absolute atomic E-state index is 0.0331. The largest absolute Gasteiger partial charge is 0.352 e. The number of thiophene rings is 1. The Morgan fingerprint density at radius 2 is 1.72 bits per heavy atom. The Morgan fingerprint density at radius 3 is 2.44 bits per heavy atom. The molecule has 9 heteroatoms. The Kier molecular flexibility index (Phi) is 5.65. The summed E-state index contributed by atoms with van der Waals surface area (Å²) in [5, 5.41) is 3.10. The molecule has 3 aromatic heterocycles. The number of hydrogen-bond donors (Lipinski definition) is 0. The highest BCUT2D eigenvalue weighted by atomic mass is 32.1. The second-order valence-electron chi connectivity index (χ2n) is 8.03. The van der Waals surface area contributed by atoms with Gasteiger partial charge in [0.15, 0.2) is 0 Å². The molecule has 1 fully saturated rings. The highest BCUT2D eigenvalue weighted by Gasteiger charge is 2.24. The number of para-hydroxylation sites is 2. The Hall–Kier alpha value is -3.20. The maximum absolute atomic E-state index is 12.9. The van der Waals surface area contributed by atoms with E-state index in [2.05, 4.69) is 27.9 Å². The number of aromatic nitrogens is 4. The topological polar surface area (TPSA) is 76.3 Å². The fraction of sp³-hybridized carbons (Fsp3) is 0.391. The van der Waals surface area contributed by atoms with Crippen molar-refractivity contribution in [2.45, 2.75) is 32.9 Å². The lowest BCUT2D eigenvalue weighted by Gasteiger charge is -2.35. The van der Waals surface area contributed by atoms with Gasteiger partial charge in [-0.2, -0.15) is 0 Å². The van der Waals surface area contributed by atoms with Crippen molar-refractivity contribution in [3.8, 4) is 0 Å². The summed E-state index contributed by atoms with van der Waals surface area (Å²) in [4.78, 5) is 39.8. The number of amides is 1. The number of fused-ring (bicyclic) bond motifs is 2. The van der Waals surface area contributed by atoms with Gasteiger partial charge in [0.05, 0.1) is 16.4 Å². The lowest BCUT2D eigenvalue weighted by Crippen LogP contribution is -2.49. The van der Waals surface area contributed by atoms with Gasteiger partial charge in [-0.15, -0.1) is 11.3 Å². The monoisotopic (exact) mass is 450 g/mol. The van der Waals surface area contributed by atoms with Crippen LogP contribution in [0.2, 0.25) is 0 Å². The molecule has 1 aromatic carbocycles. The Bertz CT molecular complexity index is 1320. The predicted molar refractivity (Wildman–Crippen MR) is 127 cm³/mol. The highest BCUT2D eigenvalue weighted by molar-refractivity contribution is 7.16. The zero-order valence-electron chi connectivity index (χ0n) is 18.1. The fourth-order valence-corrected chi connectivity index (χ4v) is 5.22. The molecule has 4 heterocycles. The zero-order valence-corrected chi connectivity index (χ0v) is 18.9. The lowest BCUT2D eigenvalue weighted by molar-refractivity contribution is -0.131. The van der Waals surface area contributed by atoms with Crippen LogP contribution >= 0.6 is 11.3 Å². The Morgan fingerprint density at radius 1 is 1.00 bits per heavy atom. The van der Waals surface area contributed by atoms with Crippen molar-refractivity contribution in [1.29, 1.82) is 0 Å². The number of imidazole rings is 1. The highest BCUT2D eigenvalue weighted by Crippen LogP contribution is 2.27. The van der Waals surface area contributed by atoms with Crippen LogP contribution in [0.4, 0.5) is 5.82 Å². The summed E-state index contributed by atoms with van der Waals surface area (Å²) in [5.41, 5.74) is 1.80. The molecule has 166 valence electrons. The second kappa shape index (κ2) is 8.74. The van der Waals surface area contributed by atoms with Gasteiger partial charge in [-0.1, -0.05) is 19.1 Å². The van der Waals surface area contributed by atoms with E-state index in [-0.39, 0.29) is 11.6 Å². The van der Waals surface area contributed by atoms with Crippen molar-refractivity contribution in [2.24, 2.45) is 0 Å². The van der Waals surface area contributed by atoms with Crippen LogP contribution in [0.5, 0.6) is 0 Å². The molecule has 32 heavy (non-hydrogen) atoms. The third-order valence-electron chi connectivity index (χ3n) is 6.09. The number of piperazine rings is 1. The molecule has 8 nitrogen and oxygen atoms in total. The number of nitrogens with zero attached hydrogens (tertiary/aromatic N) is 6. The SMILES string of the molecule is CCCn1c(=O)n(CCC(=O)N2CCN(c3ncnc4sccc34)CC2)c2ccccc21. The van der Waals surface area contributed by atoms with Gasteiger partial charge < -0.3 is 9.80 Å². The number of anilines is 1. The van der Waals surface area contributed by atoms with Crippen molar-refractivity contribution < 1.29 is 4.79 Å². The number of rotatable bonds is 6. The van der Waals surface area contributed by atoms with Gasteiger partial charge in [-0.25, -0.2) is 14.8 Å². The average molecular weight is 451 g/mol. The van der Waals surface area contributed by atoms with Crippen LogP contribution in [0.15, 0.2) is 46.8 Å². The Balaban J connectivity index is 1.25. The van der Waals surface area contributed by atoms with Crippen molar-refractivity contribution in [1.82, 2.24) is 24.0 Å². The van der Waals surface area contributed by atoms with Crippen LogP contribution in [0.1, 0.15) is 19.8 Å². The third-order valence-corrected chi connectivity index (χ3v) is 6.91. The number of benzene rings is 1. The fourth-order valence-electron chi connectivity index (χ4n) is 4.49. The van der Waals surface area contributed by atoms with Crippen LogP contribution in [0, 0.1) is 0 Å². The second-order valence-corrected chi connectivity index (χ2v) is 8.92. The summed E-state index contributed by atoms with van der Waals surface area (Å²) in [6, 6.07) is 9.87. The molecule has 0 N–H and O–H groups in total. The standard InChI is InChI=1S/C23H26N6O2S/c1-2-9-28-18-5-3-4-6-19(18)29(23(28)31)10-7-20(30)26-11-13-27(14-12-26)21-17-8-15-32-22(17)25-16-24-21/h3-6,8,15-16H,2,7,9-14H2,1H3. The molecule has 0 unspecified atom stereocenters. The van der Waals surface area contributed by atoms with E-state index >= 15 is 0 Å². The quantitative estimate of drug-likeness (QED) is 0.451. The van der Waals surface area contributed by atoms with E-state index in [1.165, 1.54) is 0 Å². The van der Waals surface area contributed by atoms with Crippen LogP contribution in [0.3, 0.4) is 0 Å². The van der Waals surface area contributed by atoms with Crippen molar-refractivity contribution >= 4 is 44.3 Å². The van der Waals surface area contributed by atoms with Crippen molar-refractivity contribution in [3.63, 3.8) is 0 Å². The van der Waals surface area contributed by atoms with Gasteiger partial charge in [0.2, 0.25) is 5.91 Å². The van der Waals surface area contributed by atoms with E-state index in [1.54, 1.807) is 22.2 Å². The van der Waals surface area contributed by atoms with Crippen molar-refractivity contribution in [3.05, 3.63) is 52.5 Å². The van der Waals surface area contributed by atoms with E-state index in [9.17, 15) is 9.59 Å². The van der Waals surface area contributed by atoms with Crippen molar-refractivity contribution in [2.75, 3.05) is 31.1 Å². The average Bonchev–Trinajstić information content (AvgIpc) is 3.41. The molecule has 1 saturated heterocycles. The molecule has 0 aliphatic carbocycles. The van der Waals surface area contributed by atoms with Gasteiger partial charge in [-0.05, 0) is 30.0 Å². The summed E-state index contributed by atoms with van der Waals surface area (Å²) < 4.78 is 3.55. The smallest absolute Gasteiger partial charge is 0.329 e. The molecule has 1 aliphatic rings. The number of hydrogen-bond acceptors (Lipinski definition) is 6. The summed E-state index contributed by atoms with van der Waals surface area (Å²) in [6.45, 7) is 5.93. The summed E-state index contributed by atoms with van der Waals surface area (Å²) in [7, 11) is 0. The van der Waals surface area contributed by atoms with Gasteiger partial charge in [0, 0.05) is 45.7 Å². The first-order valence-electron chi connectivity index (χ1n) is 11.1.